The lowest BCUT2D eigenvalue weighted by molar-refractivity contribution is 0.108. The van der Waals surface area contributed by atoms with Gasteiger partial charge in [0.15, 0.2) is 23.0 Å². The Morgan fingerprint density at radius 3 is 2.00 bits per heavy atom. The van der Waals surface area contributed by atoms with Gasteiger partial charge in [0.05, 0.1) is 34.5 Å². The number of hydrogen-bond donors (Lipinski definition) is 2. The molecule has 0 aliphatic carbocycles. The van der Waals surface area contributed by atoms with Gasteiger partial charge in [-0.15, -0.1) is 0 Å². The van der Waals surface area contributed by atoms with Gasteiger partial charge in [-0.3, -0.25) is 0 Å². The highest BCUT2D eigenvalue weighted by molar-refractivity contribution is 5.56. The summed E-state index contributed by atoms with van der Waals surface area (Å²) in [5, 5.41) is 19.9. The van der Waals surface area contributed by atoms with E-state index in [1.165, 1.54) is 0 Å². The largest absolute Gasteiger partial charge is 0.493 e. The van der Waals surface area contributed by atoms with Crippen molar-refractivity contribution in [2.24, 2.45) is 0 Å². The van der Waals surface area contributed by atoms with Gasteiger partial charge in [0.2, 0.25) is 0 Å². The van der Waals surface area contributed by atoms with E-state index >= 15 is 0 Å². The maximum absolute atomic E-state index is 10.6. The zero-order valence-electron chi connectivity index (χ0n) is 17.4. The Labute approximate surface area is 172 Å². The van der Waals surface area contributed by atoms with Crippen molar-refractivity contribution in [2.45, 2.75) is 24.9 Å². The number of aliphatic hydroxyl groups is 2. The van der Waals surface area contributed by atoms with Crippen molar-refractivity contribution in [3.05, 3.63) is 53.6 Å². The fourth-order valence-electron chi connectivity index (χ4n) is 3.24. The fourth-order valence-corrected chi connectivity index (χ4v) is 3.24. The van der Waals surface area contributed by atoms with E-state index in [0.29, 0.717) is 35.8 Å². The van der Waals surface area contributed by atoms with Crippen LogP contribution in [0.3, 0.4) is 0 Å². The molecule has 0 fully saturated rings. The first kappa shape index (κ1) is 22.6. The second kappa shape index (κ2) is 11.3. The summed E-state index contributed by atoms with van der Waals surface area (Å²) in [6, 6.07) is 11.3. The molecule has 0 aliphatic rings. The van der Waals surface area contributed by atoms with E-state index in [1.807, 2.05) is 48.6 Å². The third-order valence-corrected chi connectivity index (χ3v) is 4.83. The summed E-state index contributed by atoms with van der Waals surface area (Å²) < 4.78 is 21.3. The lowest BCUT2D eigenvalue weighted by Gasteiger charge is -2.23. The molecule has 158 valence electrons. The first-order valence-electron chi connectivity index (χ1n) is 9.47. The standard InChI is InChI=1S/C23H30O6/c1-26-20-10-8-16(14-22(20)28-3)6-5-7-18(19(25)12-13-24)17-9-11-21(27-2)23(15-17)29-4/h5-6,8-11,14-15,18-19,24-25H,7,12-13H2,1-4H3. The van der Waals surface area contributed by atoms with Crippen LogP contribution in [-0.4, -0.2) is 51.4 Å². The Bertz CT molecular complexity index is 802. The fraction of sp³-hybridized carbons (Fsp3) is 0.391. The normalized spacial score (nSPS) is 13.2. The number of ether oxygens (including phenoxy) is 4. The molecule has 2 aromatic carbocycles. The Hall–Kier alpha value is -2.70. The number of allylic oxidation sites excluding steroid dienone is 1. The van der Waals surface area contributed by atoms with E-state index < -0.39 is 6.10 Å². The van der Waals surface area contributed by atoms with Gasteiger partial charge in [-0.25, -0.2) is 0 Å². The van der Waals surface area contributed by atoms with Crippen molar-refractivity contribution in [3.8, 4) is 23.0 Å². The van der Waals surface area contributed by atoms with Crippen LogP contribution in [0.1, 0.15) is 29.9 Å². The van der Waals surface area contributed by atoms with E-state index in [0.717, 1.165) is 11.1 Å². The van der Waals surface area contributed by atoms with Gasteiger partial charge in [0.25, 0.3) is 0 Å². The van der Waals surface area contributed by atoms with E-state index in [4.69, 9.17) is 18.9 Å². The Morgan fingerprint density at radius 1 is 0.828 bits per heavy atom. The molecule has 2 N–H and O–H groups in total. The zero-order valence-corrected chi connectivity index (χ0v) is 17.4. The summed E-state index contributed by atoms with van der Waals surface area (Å²) in [7, 11) is 6.37. The molecule has 0 aliphatic heterocycles. The quantitative estimate of drug-likeness (QED) is 0.597. The minimum atomic E-state index is -0.687. The van der Waals surface area contributed by atoms with Crippen LogP contribution in [0, 0.1) is 0 Å². The van der Waals surface area contributed by atoms with Crippen molar-refractivity contribution in [1.29, 1.82) is 0 Å². The number of rotatable bonds is 11. The molecule has 2 aromatic rings. The lowest BCUT2D eigenvalue weighted by Crippen LogP contribution is -2.19. The Morgan fingerprint density at radius 2 is 1.41 bits per heavy atom. The number of aliphatic hydroxyl groups excluding tert-OH is 2. The topological polar surface area (TPSA) is 77.4 Å². The molecule has 0 radical (unpaired) electrons. The molecule has 2 atom stereocenters. The minimum absolute atomic E-state index is 0.0790. The zero-order chi connectivity index (χ0) is 21.2. The van der Waals surface area contributed by atoms with E-state index in [-0.39, 0.29) is 12.5 Å². The van der Waals surface area contributed by atoms with Crippen LogP contribution in [0.5, 0.6) is 23.0 Å². The highest BCUT2D eigenvalue weighted by Crippen LogP contribution is 2.34. The SMILES string of the molecule is COc1ccc(C=CCC(c2ccc(OC)c(OC)c2)C(O)CCO)cc1OC. The highest BCUT2D eigenvalue weighted by Gasteiger charge is 2.21. The maximum atomic E-state index is 10.6. The predicted molar refractivity (Wildman–Crippen MR) is 113 cm³/mol. The molecule has 0 amide bonds. The van der Waals surface area contributed by atoms with Crippen molar-refractivity contribution >= 4 is 6.08 Å². The first-order chi connectivity index (χ1) is 14.1. The third kappa shape index (κ3) is 5.89. The second-order valence-corrected chi connectivity index (χ2v) is 6.55. The second-order valence-electron chi connectivity index (χ2n) is 6.55. The van der Waals surface area contributed by atoms with Crippen molar-refractivity contribution in [3.63, 3.8) is 0 Å². The van der Waals surface area contributed by atoms with Gasteiger partial charge in [-0.1, -0.05) is 24.3 Å². The molecule has 2 unspecified atom stereocenters. The van der Waals surface area contributed by atoms with E-state index in [1.54, 1.807) is 28.4 Å². The van der Waals surface area contributed by atoms with Gasteiger partial charge in [-0.2, -0.15) is 0 Å². The van der Waals surface area contributed by atoms with Gasteiger partial charge in [-0.05, 0) is 48.2 Å². The molecule has 0 saturated heterocycles. The monoisotopic (exact) mass is 402 g/mol. The summed E-state index contributed by atoms with van der Waals surface area (Å²) in [4.78, 5) is 0. The molecule has 6 nitrogen and oxygen atoms in total. The summed E-state index contributed by atoms with van der Waals surface area (Å²) in [5.74, 6) is 2.37. The van der Waals surface area contributed by atoms with Gasteiger partial charge in [0, 0.05) is 12.5 Å². The molecule has 29 heavy (non-hydrogen) atoms. The van der Waals surface area contributed by atoms with Crippen LogP contribution in [0.15, 0.2) is 42.5 Å². The maximum Gasteiger partial charge on any atom is 0.161 e. The number of hydrogen-bond acceptors (Lipinski definition) is 6. The third-order valence-electron chi connectivity index (χ3n) is 4.83. The average molecular weight is 402 g/mol. The van der Waals surface area contributed by atoms with Crippen molar-refractivity contribution in [2.75, 3.05) is 35.0 Å². The number of methoxy groups -OCH3 is 4. The molecule has 6 heteroatoms. The molecule has 0 aromatic heterocycles. The summed E-state index contributed by atoms with van der Waals surface area (Å²) in [5.41, 5.74) is 1.88. The molecule has 2 rings (SSSR count). The van der Waals surface area contributed by atoms with Crippen LogP contribution in [0.2, 0.25) is 0 Å². The van der Waals surface area contributed by atoms with Crippen LogP contribution in [0.4, 0.5) is 0 Å². The Balaban J connectivity index is 2.24. The van der Waals surface area contributed by atoms with Crippen LogP contribution < -0.4 is 18.9 Å². The first-order valence-corrected chi connectivity index (χ1v) is 9.47. The molecule has 0 spiro atoms. The van der Waals surface area contributed by atoms with Crippen LogP contribution >= 0.6 is 0 Å². The van der Waals surface area contributed by atoms with Gasteiger partial charge < -0.3 is 29.2 Å². The average Bonchev–Trinajstić information content (AvgIpc) is 2.76. The highest BCUT2D eigenvalue weighted by atomic mass is 16.5. The summed E-state index contributed by atoms with van der Waals surface area (Å²) in [6.45, 7) is -0.0790. The summed E-state index contributed by atoms with van der Waals surface area (Å²) in [6.07, 6.45) is 4.17. The molecule has 0 saturated carbocycles. The predicted octanol–water partition coefficient (Wildman–Crippen LogP) is 3.65. The molecule has 0 bridgehead atoms. The van der Waals surface area contributed by atoms with Gasteiger partial charge in [0.1, 0.15) is 0 Å². The molecular weight excluding hydrogens is 372 g/mol. The minimum Gasteiger partial charge on any atom is -0.493 e. The smallest absolute Gasteiger partial charge is 0.161 e. The van der Waals surface area contributed by atoms with Gasteiger partial charge >= 0.3 is 0 Å². The summed E-state index contributed by atoms with van der Waals surface area (Å²) >= 11 is 0. The van der Waals surface area contributed by atoms with Crippen LogP contribution in [0.25, 0.3) is 6.08 Å². The number of benzene rings is 2. The van der Waals surface area contributed by atoms with E-state index in [2.05, 4.69) is 0 Å². The van der Waals surface area contributed by atoms with Crippen molar-refractivity contribution in [1.82, 2.24) is 0 Å². The Kier molecular flexibility index (Phi) is 8.83. The van der Waals surface area contributed by atoms with Crippen molar-refractivity contribution < 1.29 is 29.2 Å². The van der Waals surface area contributed by atoms with E-state index in [9.17, 15) is 10.2 Å². The lowest BCUT2D eigenvalue weighted by atomic mass is 9.88. The molecular formula is C23H30O6. The molecule has 0 heterocycles. The van der Waals surface area contributed by atoms with Crippen LogP contribution in [-0.2, 0) is 0 Å².